The van der Waals surface area contributed by atoms with Crippen molar-refractivity contribution in [3.8, 4) is 5.75 Å². The van der Waals surface area contributed by atoms with Crippen LogP contribution in [0.4, 0.5) is 5.82 Å². The van der Waals surface area contributed by atoms with E-state index in [-0.39, 0.29) is 5.54 Å². The first kappa shape index (κ1) is 21.1. The number of aryl methyl sites for hydroxylation is 1. The van der Waals surface area contributed by atoms with Crippen molar-refractivity contribution < 1.29 is 14.2 Å². The summed E-state index contributed by atoms with van der Waals surface area (Å²) in [5.74, 6) is 2.05. The van der Waals surface area contributed by atoms with Gasteiger partial charge in [0.15, 0.2) is 0 Å². The molecule has 7 heteroatoms. The van der Waals surface area contributed by atoms with Crippen LogP contribution in [0.3, 0.4) is 0 Å². The highest BCUT2D eigenvalue weighted by Gasteiger charge is 2.53. The van der Waals surface area contributed by atoms with E-state index in [2.05, 4.69) is 22.9 Å². The number of benzene rings is 1. The quantitative estimate of drug-likeness (QED) is 0.597. The van der Waals surface area contributed by atoms with Crippen LogP contribution >= 0.6 is 10.8 Å². The number of anilines is 1. The van der Waals surface area contributed by atoms with Crippen LogP contribution in [0.25, 0.3) is 0 Å². The van der Waals surface area contributed by atoms with Crippen LogP contribution in [-0.2, 0) is 6.54 Å². The molecule has 1 spiro atoms. The predicted molar refractivity (Wildman–Crippen MR) is 126 cm³/mol. The van der Waals surface area contributed by atoms with Gasteiger partial charge in [0, 0.05) is 24.8 Å². The van der Waals surface area contributed by atoms with Crippen LogP contribution < -0.4 is 4.31 Å². The van der Waals surface area contributed by atoms with E-state index in [4.69, 9.17) is 0 Å². The van der Waals surface area contributed by atoms with E-state index in [1.54, 1.807) is 0 Å². The van der Waals surface area contributed by atoms with Crippen molar-refractivity contribution in [2.75, 3.05) is 16.6 Å². The number of phenolic OH excluding ortho intramolecular Hbond substituents is 1. The summed E-state index contributed by atoms with van der Waals surface area (Å²) in [7, 11) is -2.85. The summed E-state index contributed by atoms with van der Waals surface area (Å²) in [4.78, 5) is 7.13. The third-order valence-electron chi connectivity index (χ3n) is 7.30. The third-order valence-corrected chi connectivity index (χ3v) is 9.22. The maximum atomic E-state index is 10.9. The second-order valence-corrected chi connectivity index (χ2v) is 11.7. The smallest absolute Gasteiger partial charge is 0.147 e. The first-order valence-electron chi connectivity index (χ1n) is 11.3. The Hall–Kier alpha value is -1.80. The minimum Gasteiger partial charge on any atom is -0.508 e. The van der Waals surface area contributed by atoms with E-state index in [9.17, 15) is 14.2 Å². The molecule has 31 heavy (non-hydrogen) atoms. The number of nitrogens with zero attached hydrogens (tertiary/aromatic N) is 3. The fourth-order valence-electron chi connectivity index (χ4n) is 5.52. The summed E-state index contributed by atoms with van der Waals surface area (Å²) in [5.41, 5.74) is 2.97. The van der Waals surface area contributed by atoms with Gasteiger partial charge in [0.2, 0.25) is 0 Å². The predicted octanol–water partition coefficient (Wildman–Crippen LogP) is 5.27. The van der Waals surface area contributed by atoms with Gasteiger partial charge in [-0.2, -0.15) is 0 Å². The summed E-state index contributed by atoms with van der Waals surface area (Å²) >= 11 is 0. The highest BCUT2D eigenvalue weighted by atomic mass is 32.3. The second-order valence-electron chi connectivity index (χ2n) is 9.68. The topological polar surface area (TPSA) is 80.1 Å². The fourth-order valence-corrected chi connectivity index (χ4v) is 7.64. The molecule has 2 aromatic rings. The number of hydrogen-bond donors (Lipinski definition) is 3. The van der Waals surface area contributed by atoms with Crippen LogP contribution in [0.2, 0.25) is 0 Å². The molecule has 3 aliphatic rings. The van der Waals surface area contributed by atoms with Crippen molar-refractivity contribution in [3.63, 3.8) is 0 Å². The lowest BCUT2D eigenvalue weighted by atomic mass is 9.81. The number of phenols is 1. The Kier molecular flexibility index (Phi) is 5.20. The molecule has 3 heterocycles. The van der Waals surface area contributed by atoms with Gasteiger partial charge in [-0.1, -0.05) is 18.2 Å². The van der Waals surface area contributed by atoms with Gasteiger partial charge in [-0.05, 0) is 81.2 Å². The minimum atomic E-state index is -2.85. The molecule has 1 saturated carbocycles. The molecular formula is C24H33N3O3S. The zero-order valence-corrected chi connectivity index (χ0v) is 19.2. The van der Waals surface area contributed by atoms with Crippen LogP contribution in [0.5, 0.6) is 5.75 Å². The van der Waals surface area contributed by atoms with Crippen molar-refractivity contribution in [1.29, 1.82) is 0 Å². The van der Waals surface area contributed by atoms with Crippen molar-refractivity contribution >= 4 is 16.6 Å². The highest BCUT2D eigenvalue weighted by molar-refractivity contribution is 8.25. The maximum absolute atomic E-state index is 10.9. The average Bonchev–Trinajstić information content (AvgIpc) is 3.52. The largest absolute Gasteiger partial charge is 0.508 e. The van der Waals surface area contributed by atoms with Gasteiger partial charge in [-0.25, -0.2) is 9.29 Å². The lowest BCUT2D eigenvalue weighted by Gasteiger charge is -2.51. The van der Waals surface area contributed by atoms with Gasteiger partial charge < -0.3 is 5.11 Å². The maximum Gasteiger partial charge on any atom is 0.147 e. The van der Waals surface area contributed by atoms with Gasteiger partial charge in [0.1, 0.15) is 11.6 Å². The molecule has 1 aliphatic carbocycles. The molecule has 168 valence electrons. The third kappa shape index (κ3) is 3.93. The van der Waals surface area contributed by atoms with Crippen LogP contribution in [0.1, 0.15) is 61.8 Å². The summed E-state index contributed by atoms with van der Waals surface area (Å²) in [6.07, 6.45) is 4.90. The molecule has 1 aromatic carbocycles. The normalized spacial score (nSPS) is 29.4. The lowest BCUT2D eigenvalue weighted by molar-refractivity contribution is 0.102. The average molecular weight is 444 g/mol. The van der Waals surface area contributed by atoms with E-state index in [0.29, 0.717) is 29.3 Å². The Labute approximate surface area is 186 Å². The minimum absolute atomic E-state index is 0.260. The number of pyridine rings is 1. The van der Waals surface area contributed by atoms with Gasteiger partial charge >= 0.3 is 0 Å². The monoisotopic (exact) mass is 443 g/mol. The molecule has 5 rings (SSSR count). The Balaban J connectivity index is 1.35. The number of hydrogen-bond acceptors (Lipinski definition) is 6. The number of likely N-dealkylation sites (tertiary alicyclic amines) is 1. The Bertz CT molecular complexity index is 980. The van der Waals surface area contributed by atoms with E-state index < -0.39 is 10.8 Å². The molecule has 3 N–H and O–H groups in total. The molecule has 0 amide bonds. The molecule has 0 unspecified atom stereocenters. The van der Waals surface area contributed by atoms with Gasteiger partial charge in [-0.15, -0.1) is 10.8 Å². The Morgan fingerprint density at radius 2 is 1.97 bits per heavy atom. The summed E-state index contributed by atoms with van der Waals surface area (Å²) < 4.78 is 23.7. The van der Waals surface area contributed by atoms with E-state index in [0.717, 1.165) is 43.6 Å². The van der Waals surface area contributed by atoms with Crippen molar-refractivity contribution in [2.45, 2.75) is 70.0 Å². The highest BCUT2D eigenvalue weighted by Crippen LogP contribution is 2.60. The van der Waals surface area contributed by atoms with Crippen LogP contribution in [0, 0.1) is 6.92 Å². The fraction of sp³-hybridized carbons (Fsp3) is 0.542. The van der Waals surface area contributed by atoms with E-state index in [1.165, 1.54) is 18.4 Å². The molecule has 0 radical (unpaired) electrons. The van der Waals surface area contributed by atoms with Crippen molar-refractivity contribution in [2.24, 2.45) is 0 Å². The molecule has 2 aliphatic heterocycles. The first-order chi connectivity index (χ1) is 14.8. The molecule has 1 aromatic heterocycles. The number of rotatable bonds is 4. The molecular weight excluding hydrogens is 410 g/mol. The van der Waals surface area contributed by atoms with Gasteiger partial charge in [-0.3, -0.25) is 14.0 Å². The van der Waals surface area contributed by atoms with Crippen molar-refractivity contribution in [1.82, 2.24) is 9.88 Å². The number of aromatic hydroxyl groups is 1. The summed E-state index contributed by atoms with van der Waals surface area (Å²) in [6.45, 7) is 5.95. The van der Waals surface area contributed by atoms with Gasteiger partial charge in [0.05, 0.1) is 11.3 Å². The zero-order chi connectivity index (χ0) is 21.8. The molecule has 6 nitrogen and oxygen atoms in total. The Morgan fingerprint density at radius 3 is 2.68 bits per heavy atom. The first-order valence-corrected chi connectivity index (χ1v) is 13.0. The van der Waals surface area contributed by atoms with Crippen LogP contribution in [-0.4, -0.2) is 48.0 Å². The number of piperidine rings is 1. The zero-order valence-electron chi connectivity index (χ0n) is 18.4. The van der Waals surface area contributed by atoms with Gasteiger partial charge in [0.25, 0.3) is 0 Å². The van der Waals surface area contributed by atoms with E-state index in [1.807, 2.05) is 41.6 Å². The van der Waals surface area contributed by atoms with Crippen molar-refractivity contribution in [3.05, 3.63) is 53.2 Å². The number of aromatic nitrogens is 1. The second kappa shape index (κ2) is 7.66. The van der Waals surface area contributed by atoms with Crippen LogP contribution in [0.15, 0.2) is 36.4 Å². The molecule has 3 fully saturated rings. The summed E-state index contributed by atoms with van der Waals surface area (Å²) in [6, 6.07) is 12.2. The molecule has 2 saturated heterocycles. The standard InChI is InChI=1S/C24H33N3O3S/c1-17-4-3-5-23(25-17)27-24(11-13-31(27,29)30)10-12-26(18(2)15-24)16-19-6-9-22(28)21(14-19)20-7-8-20/h3-6,9,14,18,20,28-30H,7-8,10-13,15-16H2,1-2H3/t18-,24-/m0/s1. The molecule has 2 atom stereocenters. The lowest BCUT2D eigenvalue weighted by Crippen LogP contribution is -2.55. The van der Waals surface area contributed by atoms with E-state index >= 15 is 0 Å². The Morgan fingerprint density at radius 1 is 1.16 bits per heavy atom. The summed E-state index contributed by atoms with van der Waals surface area (Å²) in [5, 5.41) is 10.2. The molecule has 0 bridgehead atoms. The SMILES string of the molecule is Cc1cccc(N2[C@@]3(CCN(Cc4ccc(O)c(C5CC5)c4)[C@@H](C)C3)CCS2(O)O)n1.